The third-order valence-corrected chi connectivity index (χ3v) is 0.799. The highest BCUT2D eigenvalue weighted by atomic mass is 16.5. The number of esters is 1. The van der Waals surface area contributed by atoms with Crippen molar-refractivity contribution in [2.24, 2.45) is 0 Å². The van der Waals surface area contributed by atoms with Crippen molar-refractivity contribution in [2.75, 3.05) is 19.8 Å². The summed E-state index contributed by atoms with van der Waals surface area (Å²) in [5.41, 5.74) is 0. The maximum atomic E-state index is 10.4. The van der Waals surface area contributed by atoms with Crippen molar-refractivity contribution in [3.63, 3.8) is 0 Å². The van der Waals surface area contributed by atoms with Crippen LogP contribution in [0.2, 0.25) is 0 Å². The van der Waals surface area contributed by atoms with E-state index in [0.717, 1.165) is 0 Å². The van der Waals surface area contributed by atoms with Gasteiger partial charge in [0.1, 0.15) is 12.2 Å². The summed E-state index contributed by atoms with van der Waals surface area (Å²) in [5, 5.41) is 15.2. The molecule has 0 aromatic heterocycles. The molecule has 0 heterocycles. The van der Waals surface area contributed by atoms with E-state index in [1.165, 1.54) is 6.92 Å². The zero-order valence-electron chi connectivity index (χ0n) is 7.95. The molecule has 0 aromatic carbocycles. The highest BCUT2D eigenvalue weighted by Crippen LogP contribution is 1.86. The number of hydrogen-bond donors (Lipinski definition) is 2. The Morgan fingerprint density at radius 3 is 1.92 bits per heavy atom. The lowest BCUT2D eigenvalue weighted by molar-refractivity contribution is -0.145. The number of ketones is 1. The molecule has 0 rings (SSSR count). The summed E-state index contributed by atoms with van der Waals surface area (Å²) in [6, 6.07) is 0. The van der Waals surface area contributed by atoms with E-state index < -0.39 is 5.97 Å². The van der Waals surface area contributed by atoms with Gasteiger partial charge in [0.05, 0.1) is 19.8 Å². The van der Waals surface area contributed by atoms with Gasteiger partial charge in [0.25, 0.3) is 0 Å². The molecule has 0 fully saturated rings. The van der Waals surface area contributed by atoms with Crippen LogP contribution in [0.5, 0.6) is 0 Å². The van der Waals surface area contributed by atoms with Gasteiger partial charge in [-0.1, -0.05) is 0 Å². The summed E-state index contributed by atoms with van der Waals surface area (Å²) >= 11 is 0. The molecule has 0 radical (unpaired) electrons. The van der Waals surface area contributed by atoms with Gasteiger partial charge in [-0.25, -0.2) is 0 Å². The topological polar surface area (TPSA) is 83.8 Å². The van der Waals surface area contributed by atoms with Gasteiger partial charge in [0, 0.05) is 0 Å². The summed E-state index contributed by atoms with van der Waals surface area (Å²) in [5.74, 6) is -0.599. The largest absolute Gasteiger partial charge is 0.466 e. The Balaban J connectivity index is 0. The molecule has 0 spiro atoms. The van der Waals surface area contributed by atoms with Crippen molar-refractivity contribution in [1.82, 2.24) is 0 Å². The Morgan fingerprint density at radius 1 is 1.23 bits per heavy atom. The molecule has 0 aliphatic heterocycles. The quantitative estimate of drug-likeness (QED) is 0.463. The van der Waals surface area contributed by atoms with Gasteiger partial charge in [0.2, 0.25) is 0 Å². The van der Waals surface area contributed by atoms with Gasteiger partial charge in [0.15, 0.2) is 0 Å². The van der Waals surface area contributed by atoms with Crippen molar-refractivity contribution >= 4 is 11.8 Å². The van der Waals surface area contributed by atoms with Gasteiger partial charge < -0.3 is 14.9 Å². The van der Waals surface area contributed by atoms with Crippen molar-refractivity contribution in [1.29, 1.82) is 0 Å². The van der Waals surface area contributed by atoms with Crippen LogP contribution >= 0.6 is 0 Å². The molecular formula is C8H16O5. The SMILES string of the molecule is CCOC(=O)CC(C)=O.OCCO. The second-order valence-electron chi connectivity index (χ2n) is 2.13. The van der Waals surface area contributed by atoms with Crippen LogP contribution in [0.3, 0.4) is 0 Å². The molecule has 0 amide bonds. The van der Waals surface area contributed by atoms with E-state index >= 15 is 0 Å². The number of aliphatic hydroxyl groups is 2. The standard InChI is InChI=1S/C6H10O3.C2H6O2/c1-3-9-6(8)4-5(2)7;3-1-2-4/h3-4H2,1-2H3;3-4H,1-2H2. The lowest BCUT2D eigenvalue weighted by atomic mass is 10.3. The maximum Gasteiger partial charge on any atom is 0.313 e. The minimum absolute atomic E-state index is 0.103. The Morgan fingerprint density at radius 2 is 1.69 bits per heavy atom. The van der Waals surface area contributed by atoms with Gasteiger partial charge in [-0.15, -0.1) is 0 Å². The third-order valence-electron chi connectivity index (χ3n) is 0.799. The molecule has 0 aliphatic carbocycles. The molecule has 0 atom stereocenters. The maximum absolute atomic E-state index is 10.4. The molecule has 0 aromatic rings. The van der Waals surface area contributed by atoms with E-state index in [4.69, 9.17) is 10.2 Å². The Labute approximate surface area is 77.3 Å². The van der Waals surface area contributed by atoms with Gasteiger partial charge in [-0.2, -0.15) is 0 Å². The number of carbonyl (C=O) groups excluding carboxylic acids is 2. The van der Waals surface area contributed by atoms with Crippen molar-refractivity contribution in [2.45, 2.75) is 20.3 Å². The molecular weight excluding hydrogens is 176 g/mol. The van der Waals surface area contributed by atoms with E-state index in [0.29, 0.717) is 6.61 Å². The fourth-order valence-corrected chi connectivity index (χ4v) is 0.415. The highest BCUT2D eigenvalue weighted by molar-refractivity contribution is 5.94. The number of hydrogen-bond acceptors (Lipinski definition) is 5. The van der Waals surface area contributed by atoms with Crippen molar-refractivity contribution in [3.8, 4) is 0 Å². The molecule has 0 unspecified atom stereocenters. The van der Waals surface area contributed by atoms with Crippen LogP contribution in [-0.4, -0.2) is 41.8 Å². The lowest BCUT2D eigenvalue weighted by Crippen LogP contribution is -2.07. The number of aliphatic hydroxyl groups excluding tert-OH is 2. The fourth-order valence-electron chi connectivity index (χ4n) is 0.415. The lowest BCUT2D eigenvalue weighted by Gasteiger charge is -1.96. The van der Waals surface area contributed by atoms with Crippen LogP contribution in [0, 0.1) is 0 Å². The predicted octanol–water partition coefficient (Wildman–Crippen LogP) is -0.500. The van der Waals surface area contributed by atoms with E-state index in [1.807, 2.05) is 0 Å². The van der Waals surface area contributed by atoms with Crippen LogP contribution in [0.15, 0.2) is 0 Å². The molecule has 2 N–H and O–H groups in total. The van der Waals surface area contributed by atoms with Crippen molar-refractivity contribution in [3.05, 3.63) is 0 Å². The van der Waals surface area contributed by atoms with Crippen LogP contribution in [0.1, 0.15) is 20.3 Å². The second-order valence-corrected chi connectivity index (χ2v) is 2.13. The first-order valence-electron chi connectivity index (χ1n) is 3.95. The van der Waals surface area contributed by atoms with Crippen molar-refractivity contribution < 1.29 is 24.5 Å². The number of rotatable bonds is 4. The molecule has 0 aliphatic rings. The zero-order chi connectivity index (χ0) is 10.7. The van der Waals surface area contributed by atoms with Crippen LogP contribution < -0.4 is 0 Å². The second kappa shape index (κ2) is 11.1. The van der Waals surface area contributed by atoms with Crippen LogP contribution in [0.4, 0.5) is 0 Å². The van der Waals surface area contributed by atoms with E-state index in [1.54, 1.807) is 6.92 Å². The number of ether oxygens (including phenoxy) is 1. The highest BCUT2D eigenvalue weighted by Gasteiger charge is 2.03. The summed E-state index contributed by atoms with van der Waals surface area (Å²) in [7, 11) is 0. The normalized spacial score (nSPS) is 8.31. The van der Waals surface area contributed by atoms with Gasteiger partial charge in [-0.3, -0.25) is 9.59 Å². The summed E-state index contributed by atoms with van der Waals surface area (Å²) in [4.78, 5) is 20.6. The first-order valence-corrected chi connectivity index (χ1v) is 3.95. The van der Waals surface area contributed by atoms with E-state index in [2.05, 4.69) is 4.74 Å². The van der Waals surface area contributed by atoms with E-state index in [9.17, 15) is 9.59 Å². The molecule has 0 bridgehead atoms. The number of carbonyl (C=O) groups is 2. The van der Waals surface area contributed by atoms with Gasteiger partial charge in [-0.05, 0) is 13.8 Å². The molecule has 0 saturated carbocycles. The zero-order valence-corrected chi connectivity index (χ0v) is 7.95. The average molecular weight is 192 g/mol. The number of Topliss-reactive ketones (excluding diaryl/α,β-unsaturated/α-hetero) is 1. The first-order chi connectivity index (χ1) is 6.08. The predicted molar refractivity (Wildman–Crippen MR) is 46.1 cm³/mol. The summed E-state index contributed by atoms with van der Waals surface area (Å²) < 4.78 is 4.49. The average Bonchev–Trinajstić information content (AvgIpc) is 2.04. The molecule has 0 saturated heterocycles. The minimum atomic E-state index is -0.440. The Kier molecular flexibility index (Phi) is 12.4. The minimum Gasteiger partial charge on any atom is -0.466 e. The van der Waals surface area contributed by atoms with Gasteiger partial charge >= 0.3 is 5.97 Å². The molecule has 13 heavy (non-hydrogen) atoms. The summed E-state index contributed by atoms with van der Waals surface area (Å²) in [6.45, 7) is 3.15. The first kappa shape index (κ1) is 14.6. The Bertz CT molecular complexity index is 141. The monoisotopic (exact) mass is 192 g/mol. The van der Waals surface area contributed by atoms with Crippen LogP contribution in [0.25, 0.3) is 0 Å². The molecule has 5 nitrogen and oxygen atoms in total. The molecule has 78 valence electrons. The Hall–Kier alpha value is -0.940. The van der Waals surface area contributed by atoms with E-state index in [-0.39, 0.29) is 25.4 Å². The smallest absolute Gasteiger partial charge is 0.313 e. The van der Waals surface area contributed by atoms with Crippen LogP contribution in [-0.2, 0) is 14.3 Å². The molecule has 5 heteroatoms. The summed E-state index contributed by atoms with van der Waals surface area (Å²) in [6.07, 6.45) is -0.103. The third kappa shape index (κ3) is 18.2. The fraction of sp³-hybridized carbons (Fsp3) is 0.750.